The summed E-state index contributed by atoms with van der Waals surface area (Å²) >= 11 is 5.74. The fraction of sp³-hybridized carbons (Fsp3) is 0.300. The van der Waals surface area contributed by atoms with Crippen LogP contribution in [0.5, 0.6) is 0 Å². The predicted molar refractivity (Wildman–Crippen MR) is 210 cm³/mol. The van der Waals surface area contributed by atoms with Gasteiger partial charge < -0.3 is 24.6 Å². The van der Waals surface area contributed by atoms with Crippen LogP contribution in [-0.4, -0.2) is 87.3 Å². The summed E-state index contributed by atoms with van der Waals surface area (Å²) in [6, 6.07) is 18.5. The minimum atomic E-state index is -4.48. The standard InChI is InChI=1S/C25H24F3N7O.C15H13ClF3N3O/c1-16-30-17(2)35(33-16)21-5-3-20(4-6-21)31-24-29-8-7-23(32-24)18-13-19(25(26,27)28)15-22(14-18)34-9-11-36-12-10-34;16-14-20-2-1-13(21-14)10-7-11(15(17,18)19)9-12(8-10)22-3-5-23-6-4-22/h3-8,13-15H,9-12H2,1-2H3,(H,29,31,32);1-2,7-9H,3-6H2. The number of aromatic nitrogens is 7. The topological polar surface area (TPSA) is 119 Å². The Kier molecular flexibility index (Phi) is 12.3. The van der Waals surface area contributed by atoms with Crippen molar-refractivity contribution in [2.45, 2.75) is 26.2 Å². The molecule has 0 spiro atoms. The highest BCUT2D eigenvalue weighted by Gasteiger charge is 2.33. The first-order valence-corrected chi connectivity index (χ1v) is 18.8. The average molecular weight is 839 g/mol. The van der Waals surface area contributed by atoms with Gasteiger partial charge in [0.2, 0.25) is 11.2 Å². The number of rotatable bonds is 7. The molecule has 3 aromatic heterocycles. The Morgan fingerprint density at radius 2 is 1.12 bits per heavy atom. The van der Waals surface area contributed by atoms with E-state index < -0.39 is 23.5 Å². The maximum atomic E-state index is 13.7. The normalized spacial score (nSPS) is 14.8. The molecule has 0 atom stereocenters. The lowest BCUT2D eigenvalue weighted by Gasteiger charge is -2.29. The SMILES string of the molecule is Cc1nc(C)n(-c2ccc(Nc3nccc(-c4cc(N5CCOCC5)cc(C(F)(F)F)c4)n3)cc2)n1.FC(F)(F)c1cc(-c2ccnc(Cl)n2)cc(N2CCOCC2)c1. The van der Waals surface area contributed by atoms with Gasteiger partial charge in [-0.2, -0.15) is 31.4 Å². The molecule has 0 unspecified atom stereocenters. The zero-order valence-electron chi connectivity index (χ0n) is 31.7. The Balaban J connectivity index is 0.000000198. The summed E-state index contributed by atoms with van der Waals surface area (Å²) in [6.45, 7) is 7.79. The molecule has 0 saturated carbocycles. The first-order chi connectivity index (χ1) is 28.2. The molecule has 1 N–H and O–H groups in total. The summed E-state index contributed by atoms with van der Waals surface area (Å²) in [6.07, 6.45) is -5.98. The monoisotopic (exact) mass is 838 g/mol. The number of aryl methyl sites for hydroxylation is 2. The van der Waals surface area contributed by atoms with Gasteiger partial charge in [-0.15, -0.1) is 0 Å². The Hall–Kier alpha value is -5.85. The number of benzene rings is 3. The maximum Gasteiger partial charge on any atom is 0.416 e. The van der Waals surface area contributed by atoms with Gasteiger partial charge in [0.1, 0.15) is 11.6 Å². The fourth-order valence-electron chi connectivity index (χ4n) is 6.51. The summed E-state index contributed by atoms with van der Waals surface area (Å²) in [5, 5.41) is 7.49. The van der Waals surface area contributed by atoms with Crippen molar-refractivity contribution in [2.24, 2.45) is 0 Å². The molecule has 0 bridgehead atoms. The maximum absolute atomic E-state index is 13.7. The number of hydrogen-bond donors (Lipinski definition) is 1. The number of nitrogens with zero attached hydrogens (tertiary/aromatic N) is 9. The van der Waals surface area contributed by atoms with Gasteiger partial charge >= 0.3 is 12.4 Å². The molecule has 19 heteroatoms. The Bertz CT molecular complexity index is 2380. The third kappa shape index (κ3) is 10.4. The molecule has 8 rings (SSSR count). The third-order valence-electron chi connectivity index (χ3n) is 9.36. The quantitative estimate of drug-likeness (QED) is 0.123. The van der Waals surface area contributed by atoms with Crippen molar-refractivity contribution in [1.82, 2.24) is 34.7 Å². The zero-order chi connectivity index (χ0) is 41.7. The number of morpholine rings is 2. The van der Waals surface area contributed by atoms with Gasteiger partial charge in [-0.25, -0.2) is 29.6 Å². The smallest absolute Gasteiger partial charge is 0.378 e. The van der Waals surface area contributed by atoms with E-state index >= 15 is 0 Å². The Morgan fingerprint density at radius 1 is 0.610 bits per heavy atom. The summed E-state index contributed by atoms with van der Waals surface area (Å²) in [7, 11) is 0. The first kappa shape index (κ1) is 41.3. The second-order valence-corrected chi connectivity index (χ2v) is 13.8. The molecule has 12 nitrogen and oxygen atoms in total. The largest absolute Gasteiger partial charge is 0.416 e. The molecule has 2 aliphatic heterocycles. The number of hydrogen-bond acceptors (Lipinski definition) is 11. The summed E-state index contributed by atoms with van der Waals surface area (Å²) in [4.78, 5) is 24.5. The molecule has 0 amide bonds. The molecule has 2 saturated heterocycles. The highest BCUT2D eigenvalue weighted by atomic mass is 35.5. The van der Waals surface area contributed by atoms with Crippen molar-refractivity contribution in [1.29, 1.82) is 0 Å². The Morgan fingerprint density at radius 3 is 1.59 bits per heavy atom. The lowest BCUT2D eigenvalue weighted by molar-refractivity contribution is -0.138. The van der Waals surface area contributed by atoms with Crippen LogP contribution >= 0.6 is 11.6 Å². The van der Waals surface area contributed by atoms with Crippen LogP contribution in [-0.2, 0) is 21.8 Å². The predicted octanol–water partition coefficient (Wildman–Crippen LogP) is 8.59. The van der Waals surface area contributed by atoms with E-state index in [-0.39, 0.29) is 11.2 Å². The second kappa shape index (κ2) is 17.6. The minimum absolute atomic E-state index is 0.00663. The van der Waals surface area contributed by atoms with Gasteiger partial charge in [0.25, 0.3) is 0 Å². The molecular weight excluding hydrogens is 802 g/mol. The summed E-state index contributed by atoms with van der Waals surface area (Å²) in [5.74, 6) is 1.74. The van der Waals surface area contributed by atoms with Gasteiger partial charge in [0, 0.05) is 66.8 Å². The molecule has 0 radical (unpaired) electrons. The molecule has 3 aromatic carbocycles. The van der Waals surface area contributed by atoms with E-state index in [1.165, 1.54) is 24.5 Å². The lowest BCUT2D eigenvalue weighted by Crippen LogP contribution is -2.36. The third-order valence-corrected chi connectivity index (χ3v) is 9.54. The van der Waals surface area contributed by atoms with Crippen molar-refractivity contribution in [3.63, 3.8) is 0 Å². The lowest BCUT2D eigenvalue weighted by atomic mass is 10.0. The molecule has 6 aromatic rings. The van der Waals surface area contributed by atoms with Gasteiger partial charge in [-0.3, -0.25) is 0 Å². The first-order valence-electron chi connectivity index (χ1n) is 18.4. The Labute approximate surface area is 339 Å². The summed E-state index contributed by atoms with van der Waals surface area (Å²) < 4.78 is 93.0. The van der Waals surface area contributed by atoms with E-state index in [0.29, 0.717) is 92.3 Å². The average Bonchev–Trinajstić information content (AvgIpc) is 3.58. The van der Waals surface area contributed by atoms with Crippen molar-refractivity contribution < 1.29 is 35.8 Å². The van der Waals surface area contributed by atoms with Crippen LogP contribution in [0, 0.1) is 13.8 Å². The van der Waals surface area contributed by atoms with Gasteiger partial charge in [-0.1, -0.05) is 0 Å². The minimum Gasteiger partial charge on any atom is -0.378 e. The molecular formula is C40H37ClF6N10O2. The van der Waals surface area contributed by atoms with Crippen LogP contribution in [0.25, 0.3) is 28.2 Å². The van der Waals surface area contributed by atoms with Crippen molar-refractivity contribution in [2.75, 3.05) is 67.7 Å². The summed E-state index contributed by atoms with van der Waals surface area (Å²) in [5.41, 5.74) is 2.59. The van der Waals surface area contributed by atoms with Crippen molar-refractivity contribution in [3.8, 4) is 28.2 Å². The van der Waals surface area contributed by atoms with Gasteiger partial charge in [0.05, 0.1) is 54.6 Å². The zero-order valence-corrected chi connectivity index (χ0v) is 32.5. The molecule has 2 aliphatic rings. The number of halogens is 7. The van der Waals surface area contributed by atoms with E-state index in [1.54, 1.807) is 22.9 Å². The van der Waals surface area contributed by atoms with Crippen LogP contribution < -0.4 is 15.1 Å². The van der Waals surface area contributed by atoms with Crippen LogP contribution in [0.1, 0.15) is 22.8 Å². The van der Waals surface area contributed by atoms with Crippen LogP contribution in [0.2, 0.25) is 5.28 Å². The highest BCUT2D eigenvalue weighted by Crippen LogP contribution is 2.37. The number of alkyl halides is 6. The second-order valence-electron chi connectivity index (χ2n) is 13.5. The molecule has 5 heterocycles. The van der Waals surface area contributed by atoms with E-state index in [9.17, 15) is 26.3 Å². The van der Waals surface area contributed by atoms with Crippen molar-refractivity contribution in [3.05, 3.63) is 113 Å². The van der Waals surface area contributed by atoms with Crippen LogP contribution in [0.15, 0.2) is 85.2 Å². The molecule has 2 fully saturated rings. The number of ether oxygens (including phenoxy) is 2. The highest BCUT2D eigenvalue weighted by molar-refractivity contribution is 6.28. The molecule has 0 aliphatic carbocycles. The fourth-order valence-corrected chi connectivity index (χ4v) is 6.66. The van der Waals surface area contributed by atoms with E-state index in [4.69, 9.17) is 21.1 Å². The number of nitrogens with one attached hydrogen (secondary N) is 1. The molecule has 308 valence electrons. The van der Waals surface area contributed by atoms with E-state index in [1.807, 2.05) is 47.9 Å². The van der Waals surface area contributed by atoms with Crippen LogP contribution in [0.4, 0.5) is 49.4 Å². The number of anilines is 4. The van der Waals surface area contributed by atoms with Gasteiger partial charge in [-0.05, 0) is 98.2 Å². The van der Waals surface area contributed by atoms with Crippen LogP contribution in [0.3, 0.4) is 0 Å². The van der Waals surface area contributed by atoms with E-state index in [2.05, 4.69) is 35.3 Å². The molecule has 59 heavy (non-hydrogen) atoms. The van der Waals surface area contributed by atoms with E-state index in [0.717, 1.165) is 35.4 Å². The van der Waals surface area contributed by atoms with Gasteiger partial charge in [0.15, 0.2) is 0 Å². The van der Waals surface area contributed by atoms with Crippen molar-refractivity contribution >= 4 is 34.6 Å².